The number of hydrogen-bond donors (Lipinski definition) is 0. The average Bonchev–Trinajstić information content (AvgIpc) is 2.59. The van der Waals surface area contributed by atoms with Crippen LogP contribution >= 0.6 is 0 Å². The fourth-order valence-corrected chi connectivity index (χ4v) is 3.43. The molecule has 0 amide bonds. The molecule has 0 radical (unpaired) electrons. The van der Waals surface area contributed by atoms with Crippen molar-refractivity contribution in [1.82, 2.24) is 0 Å². The molecule has 0 aromatic carbocycles. The van der Waals surface area contributed by atoms with Gasteiger partial charge < -0.3 is 14.4 Å². The zero-order valence-corrected chi connectivity index (χ0v) is 19.2. The molecule has 0 aliphatic rings. The molecule has 168 valence electrons. The molecular weight excluding hydrogens is 354 g/mol. The molecule has 0 aliphatic carbocycles. The first-order valence-corrected chi connectivity index (χ1v) is 11.6. The molecule has 1 atom stereocenters. The Balaban J connectivity index is 3.40. The smallest absolute Gasteiger partial charge is 0.147 e. The third-order valence-corrected chi connectivity index (χ3v) is 4.93. The summed E-state index contributed by atoms with van der Waals surface area (Å²) in [5, 5.41) is 10.8. The van der Waals surface area contributed by atoms with E-state index in [4.69, 9.17) is 9.78 Å². The summed E-state index contributed by atoms with van der Waals surface area (Å²) in [4.78, 5) is 21.4. The highest BCUT2D eigenvalue weighted by Crippen LogP contribution is 2.13. The van der Waals surface area contributed by atoms with Crippen molar-refractivity contribution in [3.63, 3.8) is 0 Å². The summed E-state index contributed by atoms with van der Waals surface area (Å²) in [6.07, 6.45) is 17.9. The number of carbonyl (C=O) groups is 1. The zero-order valence-electron chi connectivity index (χ0n) is 19.2. The van der Waals surface area contributed by atoms with Gasteiger partial charge in [-0.15, -0.1) is 0 Å². The number of carboxylic acid groups (broad SMARTS) is 1. The Bertz CT molecular complexity index is 355. The molecule has 5 heteroatoms. The van der Waals surface area contributed by atoms with Crippen molar-refractivity contribution in [3.05, 3.63) is 0 Å². The van der Waals surface area contributed by atoms with Crippen LogP contribution in [0, 0.1) is 0 Å². The molecule has 0 heterocycles. The molecular formula is C23H47NO4. The van der Waals surface area contributed by atoms with Crippen LogP contribution in [0.5, 0.6) is 0 Å². The second-order valence-corrected chi connectivity index (χ2v) is 9.19. The van der Waals surface area contributed by atoms with Crippen LogP contribution in [0.4, 0.5) is 0 Å². The van der Waals surface area contributed by atoms with E-state index >= 15 is 0 Å². The number of nitrogens with zero attached hydrogens (tertiary/aromatic N) is 1. The number of hydrogen-bond acceptors (Lipinski definition) is 4. The van der Waals surface area contributed by atoms with Gasteiger partial charge in [-0.25, -0.2) is 9.78 Å². The van der Waals surface area contributed by atoms with Crippen LogP contribution in [0.1, 0.15) is 103 Å². The molecule has 0 aromatic heterocycles. The Morgan fingerprint density at radius 3 is 1.61 bits per heavy atom. The Kier molecular flexibility index (Phi) is 18.0. The van der Waals surface area contributed by atoms with Gasteiger partial charge in [0.2, 0.25) is 0 Å². The van der Waals surface area contributed by atoms with Crippen LogP contribution in [-0.2, 0) is 14.6 Å². The monoisotopic (exact) mass is 401 g/mol. The molecule has 0 bridgehead atoms. The van der Waals surface area contributed by atoms with Crippen LogP contribution in [0.15, 0.2) is 0 Å². The Hall–Kier alpha value is -0.650. The lowest BCUT2D eigenvalue weighted by Gasteiger charge is -2.28. The van der Waals surface area contributed by atoms with Crippen molar-refractivity contribution in [2.45, 2.75) is 109 Å². The summed E-state index contributed by atoms with van der Waals surface area (Å²) in [6, 6.07) is 0. The van der Waals surface area contributed by atoms with Gasteiger partial charge in [0.15, 0.2) is 0 Å². The van der Waals surface area contributed by atoms with Crippen molar-refractivity contribution in [1.29, 1.82) is 0 Å². The Morgan fingerprint density at radius 2 is 1.21 bits per heavy atom. The molecule has 28 heavy (non-hydrogen) atoms. The number of unbranched alkanes of at least 4 members (excludes halogenated alkanes) is 13. The highest BCUT2D eigenvalue weighted by Gasteiger charge is 2.20. The maximum atomic E-state index is 10.8. The van der Waals surface area contributed by atoms with Crippen molar-refractivity contribution in [2.24, 2.45) is 0 Å². The van der Waals surface area contributed by atoms with Gasteiger partial charge in [0.1, 0.15) is 12.6 Å². The van der Waals surface area contributed by atoms with Gasteiger partial charge >= 0.3 is 0 Å². The van der Waals surface area contributed by atoms with Gasteiger partial charge in [-0.05, 0) is 6.42 Å². The summed E-state index contributed by atoms with van der Waals surface area (Å²) in [5.74, 6) is -1.10. The SMILES string of the molecule is CCCCCCCCCCCCCCCCOOC(CC(=O)[O-])C[N+](C)(C)C. The molecule has 0 fully saturated rings. The Labute approximate surface area is 174 Å². The predicted molar refractivity (Wildman–Crippen MR) is 114 cm³/mol. The van der Waals surface area contributed by atoms with E-state index in [9.17, 15) is 9.90 Å². The van der Waals surface area contributed by atoms with Crippen LogP contribution in [0.2, 0.25) is 0 Å². The highest BCUT2D eigenvalue weighted by atomic mass is 17.2. The van der Waals surface area contributed by atoms with Gasteiger partial charge in [0, 0.05) is 12.4 Å². The van der Waals surface area contributed by atoms with Gasteiger partial charge in [-0.3, -0.25) is 0 Å². The second-order valence-electron chi connectivity index (χ2n) is 9.19. The minimum Gasteiger partial charge on any atom is -0.550 e. The first-order valence-electron chi connectivity index (χ1n) is 11.6. The Morgan fingerprint density at radius 1 is 0.786 bits per heavy atom. The van der Waals surface area contributed by atoms with Crippen molar-refractivity contribution < 1.29 is 24.2 Å². The first-order chi connectivity index (χ1) is 13.3. The van der Waals surface area contributed by atoms with Crippen molar-refractivity contribution in [2.75, 3.05) is 34.3 Å². The summed E-state index contributed by atoms with van der Waals surface area (Å²) in [7, 11) is 6.00. The van der Waals surface area contributed by atoms with Crippen molar-refractivity contribution in [3.8, 4) is 0 Å². The first kappa shape index (κ1) is 27.4. The topological polar surface area (TPSA) is 58.6 Å². The van der Waals surface area contributed by atoms with E-state index in [0.717, 1.165) is 12.8 Å². The number of quaternary nitrogens is 1. The van der Waals surface area contributed by atoms with Crippen LogP contribution in [0.3, 0.4) is 0 Å². The largest absolute Gasteiger partial charge is 0.550 e. The third kappa shape index (κ3) is 21.6. The molecule has 5 nitrogen and oxygen atoms in total. The quantitative estimate of drug-likeness (QED) is 0.122. The van der Waals surface area contributed by atoms with Crippen LogP contribution in [-0.4, -0.2) is 50.9 Å². The molecule has 0 aromatic rings. The summed E-state index contributed by atoms with van der Waals surface area (Å²) < 4.78 is 0.625. The van der Waals surface area contributed by atoms with Gasteiger partial charge in [0.25, 0.3) is 0 Å². The minimum atomic E-state index is -1.10. The molecule has 0 aliphatic heterocycles. The zero-order chi connectivity index (χ0) is 21.1. The fourth-order valence-electron chi connectivity index (χ4n) is 3.43. The molecule has 0 saturated carbocycles. The minimum absolute atomic E-state index is 0.131. The normalized spacial score (nSPS) is 13.0. The number of carboxylic acids is 1. The van der Waals surface area contributed by atoms with Gasteiger partial charge in [0.05, 0.1) is 27.7 Å². The summed E-state index contributed by atoms with van der Waals surface area (Å²) in [6.45, 7) is 3.37. The van der Waals surface area contributed by atoms with E-state index in [2.05, 4.69) is 6.92 Å². The number of likely N-dealkylation sites (N-methyl/N-ethyl adjacent to an activating group) is 1. The summed E-state index contributed by atoms with van der Waals surface area (Å²) >= 11 is 0. The van der Waals surface area contributed by atoms with E-state index in [1.807, 2.05) is 21.1 Å². The maximum absolute atomic E-state index is 10.8. The highest BCUT2D eigenvalue weighted by molar-refractivity contribution is 5.64. The third-order valence-electron chi connectivity index (χ3n) is 4.93. The lowest BCUT2D eigenvalue weighted by atomic mass is 10.0. The van der Waals surface area contributed by atoms with Crippen LogP contribution < -0.4 is 5.11 Å². The average molecular weight is 402 g/mol. The second kappa shape index (κ2) is 18.4. The molecule has 0 rings (SSSR count). The van der Waals surface area contributed by atoms with Gasteiger partial charge in [-0.2, -0.15) is 0 Å². The van der Waals surface area contributed by atoms with Crippen LogP contribution in [0.25, 0.3) is 0 Å². The fraction of sp³-hybridized carbons (Fsp3) is 0.957. The van der Waals surface area contributed by atoms with Gasteiger partial charge in [-0.1, -0.05) is 90.4 Å². The lowest BCUT2D eigenvalue weighted by molar-refractivity contribution is -0.875. The van der Waals surface area contributed by atoms with E-state index in [1.54, 1.807) is 0 Å². The number of aliphatic carboxylic acids is 1. The standard InChI is InChI=1S/C23H47NO4/c1-5-6-7-8-9-10-11-12-13-14-15-16-17-18-19-27-28-22(20-23(25)26)21-24(2,3)4/h22H,5-21H2,1-4H3. The molecule has 0 N–H and O–H groups in total. The molecule has 0 spiro atoms. The van der Waals surface area contributed by atoms with Crippen molar-refractivity contribution >= 4 is 5.97 Å². The van der Waals surface area contributed by atoms with E-state index in [-0.39, 0.29) is 6.42 Å². The number of carbonyl (C=O) groups excluding carboxylic acids is 1. The van der Waals surface area contributed by atoms with E-state index in [0.29, 0.717) is 17.6 Å². The maximum Gasteiger partial charge on any atom is 0.147 e. The molecule has 0 saturated heterocycles. The van der Waals surface area contributed by atoms with E-state index < -0.39 is 12.1 Å². The predicted octanol–water partition coefficient (Wildman–Crippen LogP) is 4.63. The summed E-state index contributed by atoms with van der Waals surface area (Å²) in [5.41, 5.74) is 0. The number of rotatable bonds is 21. The van der Waals surface area contributed by atoms with E-state index in [1.165, 1.54) is 77.0 Å². The lowest BCUT2D eigenvalue weighted by Crippen LogP contribution is -2.44. The molecule has 1 unspecified atom stereocenters.